The third-order valence-electron chi connectivity index (χ3n) is 4.73. The Morgan fingerprint density at radius 3 is 2.10 bits per heavy atom. The highest BCUT2D eigenvalue weighted by molar-refractivity contribution is 6.04. The van der Waals surface area contributed by atoms with E-state index in [9.17, 15) is 14.0 Å². The first-order valence-electron chi connectivity index (χ1n) is 9.77. The zero-order valence-corrected chi connectivity index (χ0v) is 17.3. The molecule has 0 aliphatic carbocycles. The van der Waals surface area contributed by atoms with Gasteiger partial charge in [-0.1, -0.05) is 57.2 Å². The van der Waals surface area contributed by atoms with E-state index in [-0.39, 0.29) is 23.7 Å². The minimum atomic E-state index is -0.411. The average molecular weight is 404 g/mol. The predicted octanol–water partition coefficient (Wildman–Crippen LogP) is 5.56. The number of rotatable bonds is 5. The topological polar surface area (TPSA) is 58.2 Å². The fraction of sp³-hybridized carbons (Fsp3) is 0.200. The molecule has 3 aromatic carbocycles. The summed E-state index contributed by atoms with van der Waals surface area (Å²) in [5.74, 6) is -0.974. The molecule has 0 fully saturated rings. The number of carbonyl (C=O) groups is 2. The lowest BCUT2D eigenvalue weighted by atomic mass is 9.87. The molecule has 30 heavy (non-hydrogen) atoms. The molecule has 0 aliphatic rings. The number of anilines is 2. The summed E-state index contributed by atoms with van der Waals surface area (Å²) in [6.07, 6.45) is -0.0661. The number of hydrogen-bond acceptors (Lipinski definition) is 2. The molecule has 2 N–H and O–H groups in total. The number of halogens is 1. The Labute approximate surface area is 176 Å². The van der Waals surface area contributed by atoms with Crippen LogP contribution in [0.5, 0.6) is 0 Å². The van der Waals surface area contributed by atoms with Crippen molar-refractivity contribution in [1.29, 1.82) is 0 Å². The van der Waals surface area contributed by atoms with Crippen molar-refractivity contribution < 1.29 is 14.0 Å². The minimum absolute atomic E-state index is 0.0181. The first-order chi connectivity index (χ1) is 14.2. The molecule has 0 aromatic heterocycles. The van der Waals surface area contributed by atoms with Gasteiger partial charge in [-0.15, -0.1) is 0 Å². The largest absolute Gasteiger partial charge is 0.326 e. The highest BCUT2D eigenvalue weighted by Gasteiger charge is 2.14. The van der Waals surface area contributed by atoms with Crippen LogP contribution in [-0.4, -0.2) is 11.8 Å². The summed E-state index contributed by atoms with van der Waals surface area (Å²) in [5.41, 5.74) is 3.14. The van der Waals surface area contributed by atoms with Gasteiger partial charge in [0.05, 0.1) is 6.42 Å². The molecule has 0 saturated carbocycles. The van der Waals surface area contributed by atoms with E-state index in [0.29, 0.717) is 22.5 Å². The lowest BCUT2D eigenvalue weighted by molar-refractivity contribution is -0.115. The molecule has 154 valence electrons. The highest BCUT2D eigenvalue weighted by atomic mass is 19.1. The SMILES string of the molecule is CC(C)(C)c1ccc(C(=O)Nc2cccc(NC(=O)Cc3ccccc3F)c2)cc1. The molecular formula is C25H25FN2O2. The molecule has 0 atom stereocenters. The maximum absolute atomic E-state index is 13.7. The van der Waals surface area contributed by atoms with E-state index in [2.05, 4.69) is 31.4 Å². The fourth-order valence-corrected chi connectivity index (χ4v) is 3.02. The van der Waals surface area contributed by atoms with Gasteiger partial charge in [0.15, 0.2) is 0 Å². The summed E-state index contributed by atoms with van der Waals surface area (Å²) >= 11 is 0. The van der Waals surface area contributed by atoms with E-state index in [4.69, 9.17) is 0 Å². The van der Waals surface area contributed by atoms with Crippen LogP contribution in [0.4, 0.5) is 15.8 Å². The van der Waals surface area contributed by atoms with Crippen LogP contribution >= 0.6 is 0 Å². The molecule has 3 rings (SSSR count). The lowest BCUT2D eigenvalue weighted by Gasteiger charge is -2.19. The Hall–Kier alpha value is -3.47. The zero-order valence-electron chi connectivity index (χ0n) is 17.3. The second-order valence-electron chi connectivity index (χ2n) is 8.18. The van der Waals surface area contributed by atoms with Gasteiger partial charge in [-0.25, -0.2) is 4.39 Å². The van der Waals surface area contributed by atoms with Gasteiger partial charge in [0.2, 0.25) is 5.91 Å². The number of nitrogens with one attached hydrogen (secondary N) is 2. The Balaban J connectivity index is 1.64. The Kier molecular flexibility index (Phi) is 6.31. The third kappa shape index (κ3) is 5.54. The standard InChI is InChI=1S/C25H25FN2O2/c1-25(2,3)19-13-11-17(12-14-19)24(30)28-21-9-6-8-20(16-21)27-23(29)15-18-7-4-5-10-22(18)26/h4-14,16H,15H2,1-3H3,(H,27,29)(H,28,30). The van der Waals surface area contributed by atoms with Crippen LogP contribution in [0.25, 0.3) is 0 Å². The second-order valence-corrected chi connectivity index (χ2v) is 8.18. The van der Waals surface area contributed by atoms with Gasteiger partial charge in [-0.2, -0.15) is 0 Å². The summed E-state index contributed by atoms with van der Waals surface area (Å²) in [4.78, 5) is 24.8. The molecule has 0 radical (unpaired) electrons. The van der Waals surface area contributed by atoms with Crippen LogP contribution < -0.4 is 10.6 Å². The molecule has 5 heteroatoms. The van der Waals surface area contributed by atoms with E-state index in [1.54, 1.807) is 54.6 Å². The first kappa shape index (κ1) is 21.2. The summed E-state index contributed by atoms with van der Waals surface area (Å²) in [7, 11) is 0. The van der Waals surface area contributed by atoms with Crippen molar-refractivity contribution >= 4 is 23.2 Å². The van der Waals surface area contributed by atoms with Gasteiger partial charge < -0.3 is 10.6 Å². The smallest absolute Gasteiger partial charge is 0.255 e. The van der Waals surface area contributed by atoms with Crippen LogP contribution in [0.3, 0.4) is 0 Å². The highest BCUT2D eigenvalue weighted by Crippen LogP contribution is 2.23. The van der Waals surface area contributed by atoms with Crippen LogP contribution in [0.2, 0.25) is 0 Å². The Morgan fingerprint density at radius 2 is 1.47 bits per heavy atom. The second kappa shape index (κ2) is 8.91. The van der Waals surface area contributed by atoms with Crippen LogP contribution in [0.1, 0.15) is 42.3 Å². The normalized spacial score (nSPS) is 11.1. The number of amides is 2. The van der Waals surface area contributed by atoms with Gasteiger partial charge in [-0.05, 0) is 52.9 Å². The Bertz CT molecular complexity index is 1050. The van der Waals surface area contributed by atoms with Crippen molar-refractivity contribution in [2.24, 2.45) is 0 Å². The summed E-state index contributed by atoms with van der Waals surface area (Å²) in [6.45, 7) is 6.36. The number of benzene rings is 3. The molecule has 3 aromatic rings. The van der Waals surface area contributed by atoms with Crippen molar-refractivity contribution in [2.45, 2.75) is 32.6 Å². The summed E-state index contributed by atoms with van der Waals surface area (Å²) in [5, 5.41) is 5.58. The molecule has 0 spiro atoms. The zero-order chi connectivity index (χ0) is 21.7. The maximum atomic E-state index is 13.7. The Morgan fingerprint density at radius 1 is 0.833 bits per heavy atom. The lowest BCUT2D eigenvalue weighted by Crippen LogP contribution is -2.16. The number of hydrogen-bond donors (Lipinski definition) is 2. The van der Waals surface area contributed by atoms with Crippen LogP contribution in [0.15, 0.2) is 72.8 Å². The van der Waals surface area contributed by atoms with E-state index in [1.807, 2.05) is 12.1 Å². The first-order valence-corrected chi connectivity index (χ1v) is 9.77. The van der Waals surface area contributed by atoms with E-state index < -0.39 is 5.82 Å². The average Bonchev–Trinajstić information content (AvgIpc) is 2.69. The monoisotopic (exact) mass is 404 g/mol. The van der Waals surface area contributed by atoms with Crippen molar-refractivity contribution in [3.8, 4) is 0 Å². The van der Waals surface area contributed by atoms with Crippen molar-refractivity contribution in [2.75, 3.05) is 10.6 Å². The van der Waals surface area contributed by atoms with E-state index >= 15 is 0 Å². The molecule has 0 saturated heterocycles. The van der Waals surface area contributed by atoms with E-state index in [1.165, 1.54) is 6.07 Å². The number of carbonyl (C=O) groups excluding carboxylic acids is 2. The molecular weight excluding hydrogens is 379 g/mol. The molecule has 0 heterocycles. The molecule has 0 bridgehead atoms. The van der Waals surface area contributed by atoms with Crippen molar-refractivity contribution in [1.82, 2.24) is 0 Å². The van der Waals surface area contributed by atoms with Crippen molar-refractivity contribution in [3.05, 3.63) is 95.3 Å². The maximum Gasteiger partial charge on any atom is 0.255 e. The van der Waals surface area contributed by atoms with Crippen molar-refractivity contribution in [3.63, 3.8) is 0 Å². The molecule has 4 nitrogen and oxygen atoms in total. The summed E-state index contributed by atoms with van der Waals surface area (Å²) < 4.78 is 13.7. The van der Waals surface area contributed by atoms with Crippen LogP contribution in [0, 0.1) is 5.82 Å². The third-order valence-corrected chi connectivity index (χ3v) is 4.73. The predicted molar refractivity (Wildman–Crippen MR) is 118 cm³/mol. The fourth-order valence-electron chi connectivity index (χ4n) is 3.02. The summed E-state index contributed by atoms with van der Waals surface area (Å²) in [6, 6.07) is 20.5. The quantitative estimate of drug-likeness (QED) is 0.585. The van der Waals surface area contributed by atoms with Crippen LogP contribution in [-0.2, 0) is 16.6 Å². The van der Waals surface area contributed by atoms with E-state index in [0.717, 1.165) is 5.56 Å². The van der Waals surface area contributed by atoms with Gasteiger partial charge in [0.1, 0.15) is 5.82 Å². The van der Waals surface area contributed by atoms with Gasteiger partial charge in [0.25, 0.3) is 5.91 Å². The minimum Gasteiger partial charge on any atom is -0.326 e. The molecule has 2 amide bonds. The van der Waals surface area contributed by atoms with Gasteiger partial charge in [0, 0.05) is 16.9 Å². The molecule has 0 aliphatic heterocycles. The van der Waals surface area contributed by atoms with Gasteiger partial charge in [-0.3, -0.25) is 9.59 Å². The van der Waals surface area contributed by atoms with Gasteiger partial charge >= 0.3 is 0 Å². The molecule has 0 unspecified atom stereocenters.